The minimum absolute atomic E-state index is 0.424. The molecule has 15 heavy (non-hydrogen) atoms. The van der Waals surface area contributed by atoms with E-state index in [1.54, 1.807) is 13.4 Å². The summed E-state index contributed by atoms with van der Waals surface area (Å²) in [6, 6.07) is 0.424. The smallest absolute Gasteiger partial charge is 0.149 e. The summed E-state index contributed by atoms with van der Waals surface area (Å²) in [4.78, 5) is 2.42. The van der Waals surface area contributed by atoms with Gasteiger partial charge in [0.15, 0.2) is 0 Å². The largest absolute Gasteiger partial charge is 0.383 e. The molecule has 1 atom stereocenters. The number of ether oxygens (including phenoxy) is 1. The van der Waals surface area contributed by atoms with Crippen molar-refractivity contribution in [1.82, 2.24) is 19.7 Å². The molecule has 2 rings (SSSR count). The van der Waals surface area contributed by atoms with Crippen LogP contribution < -0.4 is 0 Å². The number of aryl methyl sites for hydroxylation is 1. The van der Waals surface area contributed by atoms with Gasteiger partial charge in [-0.3, -0.25) is 4.90 Å². The fourth-order valence-corrected chi connectivity index (χ4v) is 2.19. The molecule has 0 N–H and O–H groups in total. The Bertz CT molecular complexity index is 312. The zero-order chi connectivity index (χ0) is 10.7. The molecule has 0 spiro atoms. The summed E-state index contributed by atoms with van der Waals surface area (Å²) < 4.78 is 7.12. The van der Waals surface area contributed by atoms with Crippen LogP contribution in [0.3, 0.4) is 0 Å². The third-order valence-corrected chi connectivity index (χ3v) is 2.99. The van der Waals surface area contributed by atoms with E-state index in [1.165, 1.54) is 12.8 Å². The van der Waals surface area contributed by atoms with Crippen LogP contribution in [0.2, 0.25) is 0 Å². The first kappa shape index (κ1) is 10.6. The maximum Gasteiger partial charge on any atom is 0.149 e. The molecule has 0 saturated carbocycles. The molecule has 0 aliphatic carbocycles. The summed E-state index contributed by atoms with van der Waals surface area (Å²) in [6.45, 7) is 2.91. The average Bonchev–Trinajstić information content (AvgIpc) is 2.82. The van der Waals surface area contributed by atoms with Gasteiger partial charge in [-0.25, -0.2) is 0 Å². The van der Waals surface area contributed by atoms with Gasteiger partial charge in [-0.1, -0.05) is 0 Å². The van der Waals surface area contributed by atoms with E-state index in [1.807, 2.05) is 11.6 Å². The Morgan fingerprint density at radius 1 is 1.60 bits per heavy atom. The molecule has 1 saturated heterocycles. The minimum Gasteiger partial charge on any atom is -0.383 e. The minimum atomic E-state index is 0.424. The topological polar surface area (TPSA) is 43.2 Å². The van der Waals surface area contributed by atoms with Gasteiger partial charge in [0, 0.05) is 20.7 Å². The molecular weight excluding hydrogens is 192 g/mol. The average molecular weight is 210 g/mol. The lowest BCUT2D eigenvalue weighted by molar-refractivity contribution is 0.138. The van der Waals surface area contributed by atoms with Gasteiger partial charge in [0.25, 0.3) is 0 Å². The van der Waals surface area contributed by atoms with Crippen LogP contribution in [0.25, 0.3) is 0 Å². The van der Waals surface area contributed by atoms with Gasteiger partial charge in [0.05, 0.1) is 12.6 Å². The van der Waals surface area contributed by atoms with Crippen molar-refractivity contribution < 1.29 is 4.74 Å². The fraction of sp³-hybridized carbons (Fsp3) is 0.800. The van der Waals surface area contributed by atoms with Gasteiger partial charge in [-0.15, -0.1) is 10.2 Å². The predicted molar refractivity (Wildman–Crippen MR) is 56.4 cm³/mol. The monoisotopic (exact) mass is 210 g/mol. The molecule has 1 unspecified atom stereocenters. The standard InChI is InChI=1S/C10H18N4O/c1-13-8-11-12-10(13)9-4-3-5-14(9)6-7-15-2/h8-9H,3-7H2,1-2H3. The van der Waals surface area contributed by atoms with Gasteiger partial charge >= 0.3 is 0 Å². The van der Waals surface area contributed by atoms with E-state index >= 15 is 0 Å². The van der Waals surface area contributed by atoms with E-state index in [4.69, 9.17) is 4.74 Å². The summed E-state index contributed by atoms with van der Waals surface area (Å²) >= 11 is 0. The van der Waals surface area contributed by atoms with Crippen LogP contribution in [-0.4, -0.2) is 46.5 Å². The van der Waals surface area contributed by atoms with Crippen LogP contribution >= 0.6 is 0 Å². The third-order valence-electron chi connectivity index (χ3n) is 2.99. The molecule has 1 fully saturated rings. The Labute approximate surface area is 90.0 Å². The summed E-state index contributed by atoms with van der Waals surface area (Å²) in [5, 5.41) is 8.12. The zero-order valence-corrected chi connectivity index (χ0v) is 9.39. The van der Waals surface area contributed by atoms with E-state index in [-0.39, 0.29) is 0 Å². The molecule has 2 heterocycles. The first-order valence-electron chi connectivity index (χ1n) is 5.40. The SMILES string of the molecule is COCCN1CCCC1c1nncn1C. The van der Waals surface area contributed by atoms with Crippen molar-refractivity contribution in [1.29, 1.82) is 0 Å². The number of hydrogen-bond acceptors (Lipinski definition) is 4. The van der Waals surface area contributed by atoms with E-state index < -0.39 is 0 Å². The maximum absolute atomic E-state index is 5.12. The third kappa shape index (κ3) is 2.18. The summed E-state index contributed by atoms with van der Waals surface area (Å²) in [7, 11) is 3.75. The van der Waals surface area contributed by atoms with Crippen LogP contribution in [-0.2, 0) is 11.8 Å². The molecule has 5 heteroatoms. The number of hydrogen-bond donors (Lipinski definition) is 0. The predicted octanol–water partition coefficient (Wildman–Crippen LogP) is 0.598. The lowest BCUT2D eigenvalue weighted by atomic mass is 10.2. The highest BCUT2D eigenvalue weighted by Gasteiger charge is 2.28. The molecule has 0 aromatic carbocycles. The van der Waals surface area contributed by atoms with Crippen LogP contribution in [0.1, 0.15) is 24.7 Å². The summed E-state index contributed by atoms with van der Waals surface area (Å²) in [5.74, 6) is 1.07. The van der Waals surface area contributed by atoms with E-state index in [9.17, 15) is 0 Å². The van der Waals surface area contributed by atoms with E-state index in [0.717, 1.165) is 25.5 Å². The molecule has 84 valence electrons. The molecule has 5 nitrogen and oxygen atoms in total. The van der Waals surface area contributed by atoms with Gasteiger partial charge in [0.1, 0.15) is 12.2 Å². The highest BCUT2D eigenvalue weighted by Crippen LogP contribution is 2.29. The molecule has 1 aliphatic heterocycles. The van der Waals surface area contributed by atoms with Crippen molar-refractivity contribution in [2.75, 3.05) is 26.8 Å². The van der Waals surface area contributed by atoms with E-state index in [2.05, 4.69) is 15.1 Å². The van der Waals surface area contributed by atoms with Gasteiger partial charge in [-0.05, 0) is 19.4 Å². The molecule has 0 radical (unpaired) electrons. The molecule has 1 aliphatic rings. The Kier molecular flexibility index (Phi) is 3.33. The molecule has 1 aromatic heterocycles. The number of likely N-dealkylation sites (tertiary alicyclic amines) is 1. The Hall–Kier alpha value is -0.940. The molecular formula is C10H18N4O. The Morgan fingerprint density at radius 2 is 2.47 bits per heavy atom. The number of rotatable bonds is 4. The van der Waals surface area contributed by atoms with Crippen molar-refractivity contribution in [2.45, 2.75) is 18.9 Å². The maximum atomic E-state index is 5.12. The highest BCUT2D eigenvalue weighted by atomic mass is 16.5. The lowest BCUT2D eigenvalue weighted by Gasteiger charge is -2.22. The summed E-state index contributed by atoms with van der Waals surface area (Å²) in [6.07, 6.45) is 4.18. The second-order valence-electron chi connectivity index (χ2n) is 3.99. The second kappa shape index (κ2) is 4.72. The molecule has 0 amide bonds. The van der Waals surface area contributed by atoms with Crippen LogP contribution in [0.15, 0.2) is 6.33 Å². The quantitative estimate of drug-likeness (QED) is 0.730. The first-order valence-corrected chi connectivity index (χ1v) is 5.40. The van der Waals surface area contributed by atoms with Crippen molar-refractivity contribution in [3.8, 4) is 0 Å². The summed E-state index contributed by atoms with van der Waals surface area (Å²) in [5.41, 5.74) is 0. The van der Waals surface area contributed by atoms with Gasteiger partial charge < -0.3 is 9.30 Å². The number of nitrogens with zero attached hydrogens (tertiary/aromatic N) is 4. The van der Waals surface area contributed by atoms with Crippen LogP contribution in [0, 0.1) is 0 Å². The fourth-order valence-electron chi connectivity index (χ4n) is 2.19. The normalized spacial score (nSPS) is 22.4. The second-order valence-corrected chi connectivity index (χ2v) is 3.99. The van der Waals surface area contributed by atoms with Gasteiger partial charge in [0.2, 0.25) is 0 Å². The Morgan fingerprint density at radius 3 is 3.13 bits per heavy atom. The van der Waals surface area contributed by atoms with Crippen molar-refractivity contribution in [3.05, 3.63) is 12.2 Å². The lowest BCUT2D eigenvalue weighted by Crippen LogP contribution is -2.28. The van der Waals surface area contributed by atoms with Crippen molar-refractivity contribution in [2.24, 2.45) is 7.05 Å². The highest BCUT2D eigenvalue weighted by molar-refractivity contribution is 4.98. The first-order chi connectivity index (χ1) is 7.33. The van der Waals surface area contributed by atoms with E-state index in [0.29, 0.717) is 6.04 Å². The number of aromatic nitrogens is 3. The zero-order valence-electron chi connectivity index (χ0n) is 9.39. The van der Waals surface area contributed by atoms with Crippen LogP contribution in [0.4, 0.5) is 0 Å². The number of methoxy groups -OCH3 is 1. The van der Waals surface area contributed by atoms with Crippen LogP contribution in [0.5, 0.6) is 0 Å². The van der Waals surface area contributed by atoms with Crippen molar-refractivity contribution >= 4 is 0 Å². The molecule has 0 bridgehead atoms. The Balaban J connectivity index is 2.04. The molecule has 1 aromatic rings. The van der Waals surface area contributed by atoms with Gasteiger partial charge in [-0.2, -0.15) is 0 Å². The van der Waals surface area contributed by atoms with Crippen molar-refractivity contribution in [3.63, 3.8) is 0 Å².